The first-order valence-corrected chi connectivity index (χ1v) is 8.18. The SMILES string of the molecule is CN(C(=O)c1ncn(Cc2ccccc2)n1)c1ccc(CO)c(Cl)c1F. The van der Waals surface area contributed by atoms with Gasteiger partial charge in [0.2, 0.25) is 5.82 Å². The quantitative estimate of drug-likeness (QED) is 0.745. The summed E-state index contributed by atoms with van der Waals surface area (Å²) >= 11 is 5.88. The maximum atomic E-state index is 14.4. The molecule has 0 aliphatic heterocycles. The monoisotopic (exact) mass is 374 g/mol. The van der Waals surface area contributed by atoms with Gasteiger partial charge in [0.15, 0.2) is 5.82 Å². The molecular formula is C18H16ClFN4O2. The zero-order chi connectivity index (χ0) is 18.7. The molecule has 1 heterocycles. The van der Waals surface area contributed by atoms with Crippen LogP contribution >= 0.6 is 11.6 Å². The Bertz CT molecular complexity index is 930. The fraction of sp³-hybridized carbons (Fsp3) is 0.167. The molecule has 0 bridgehead atoms. The van der Waals surface area contributed by atoms with E-state index < -0.39 is 11.7 Å². The lowest BCUT2D eigenvalue weighted by Gasteiger charge is -2.17. The van der Waals surface area contributed by atoms with Crippen LogP contribution in [0.15, 0.2) is 48.8 Å². The maximum absolute atomic E-state index is 14.4. The molecule has 2 aromatic carbocycles. The first-order valence-electron chi connectivity index (χ1n) is 7.80. The molecule has 0 fully saturated rings. The number of halogens is 2. The van der Waals surface area contributed by atoms with Gasteiger partial charge in [0.1, 0.15) is 6.33 Å². The Kier molecular flexibility index (Phi) is 5.29. The van der Waals surface area contributed by atoms with E-state index in [9.17, 15) is 9.18 Å². The topological polar surface area (TPSA) is 71.2 Å². The van der Waals surface area contributed by atoms with Crippen LogP contribution in [-0.2, 0) is 13.2 Å². The fourth-order valence-electron chi connectivity index (χ4n) is 2.46. The molecule has 6 nitrogen and oxygen atoms in total. The van der Waals surface area contributed by atoms with E-state index in [2.05, 4.69) is 10.1 Å². The van der Waals surface area contributed by atoms with Crippen molar-refractivity contribution in [2.24, 2.45) is 0 Å². The van der Waals surface area contributed by atoms with Crippen LogP contribution in [0.2, 0.25) is 5.02 Å². The smallest absolute Gasteiger partial charge is 0.297 e. The average molecular weight is 375 g/mol. The van der Waals surface area contributed by atoms with Gasteiger partial charge in [0.05, 0.1) is 23.9 Å². The molecule has 0 aliphatic carbocycles. The highest BCUT2D eigenvalue weighted by atomic mass is 35.5. The second kappa shape index (κ2) is 7.63. The second-order valence-corrected chi connectivity index (χ2v) is 6.02. The highest BCUT2D eigenvalue weighted by Gasteiger charge is 2.22. The van der Waals surface area contributed by atoms with Gasteiger partial charge in [-0.1, -0.05) is 48.0 Å². The molecule has 0 saturated heterocycles. The van der Waals surface area contributed by atoms with Crippen molar-refractivity contribution < 1.29 is 14.3 Å². The van der Waals surface area contributed by atoms with Crippen LogP contribution in [0.25, 0.3) is 0 Å². The molecule has 0 spiro atoms. The Balaban J connectivity index is 1.80. The third kappa shape index (κ3) is 3.58. The van der Waals surface area contributed by atoms with Crippen molar-refractivity contribution in [3.05, 3.63) is 76.6 Å². The molecule has 0 radical (unpaired) electrons. The summed E-state index contributed by atoms with van der Waals surface area (Å²) in [5, 5.41) is 13.1. The van der Waals surface area contributed by atoms with Crippen molar-refractivity contribution in [2.75, 3.05) is 11.9 Å². The van der Waals surface area contributed by atoms with Gasteiger partial charge >= 0.3 is 0 Å². The van der Waals surface area contributed by atoms with Crippen LogP contribution in [0.5, 0.6) is 0 Å². The third-order valence-electron chi connectivity index (χ3n) is 3.89. The molecule has 0 aliphatic rings. The number of carbonyl (C=O) groups is 1. The minimum atomic E-state index is -0.780. The number of anilines is 1. The highest BCUT2D eigenvalue weighted by Crippen LogP contribution is 2.29. The first kappa shape index (κ1) is 18.0. The number of hydrogen-bond acceptors (Lipinski definition) is 4. The maximum Gasteiger partial charge on any atom is 0.297 e. The summed E-state index contributed by atoms with van der Waals surface area (Å²) in [5.41, 5.74) is 1.25. The first-order chi connectivity index (χ1) is 12.5. The Morgan fingerprint density at radius 2 is 2.00 bits per heavy atom. The van der Waals surface area contributed by atoms with E-state index >= 15 is 0 Å². The molecule has 0 saturated carbocycles. The Labute approximate surface area is 154 Å². The van der Waals surface area contributed by atoms with Crippen LogP contribution in [0.1, 0.15) is 21.7 Å². The van der Waals surface area contributed by atoms with E-state index in [1.165, 1.54) is 30.2 Å². The van der Waals surface area contributed by atoms with E-state index in [0.29, 0.717) is 6.54 Å². The Morgan fingerprint density at radius 1 is 1.27 bits per heavy atom. The van der Waals surface area contributed by atoms with Gasteiger partial charge in [0, 0.05) is 7.05 Å². The number of aliphatic hydroxyl groups excluding tert-OH is 1. The van der Waals surface area contributed by atoms with Gasteiger partial charge in [0.25, 0.3) is 5.91 Å². The van der Waals surface area contributed by atoms with Crippen molar-refractivity contribution in [2.45, 2.75) is 13.2 Å². The van der Waals surface area contributed by atoms with Gasteiger partial charge in [-0.2, -0.15) is 0 Å². The molecule has 0 unspecified atom stereocenters. The lowest BCUT2D eigenvalue weighted by Crippen LogP contribution is -2.28. The minimum Gasteiger partial charge on any atom is -0.392 e. The number of benzene rings is 2. The lowest BCUT2D eigenvalue weighted by atomic mass is 10.2. The number of nitrogens with zero attached hydrogens (tertiary/aromatic N) is 4. The molecule has 0 atom stereocenters. The molecule has 3 aromatic rings. The number of rotatable bonds is 5. The largest absolute Gasteiger partial charge is 0.392 e. The number of amides is 1. The molecule has 1 aromatic heterocycles. The molecule has 3 rings (SSSR count). The predicted octanol–water partition coefficient (Wildman–Crippen LogP) is 2.89. The van der Waals surface area contributed by atoms with Gasteiger partial charge in [-0.05, 0) is 17.2 Å². The van der Waals surface area contributed by atoms with Crippen molar-refractivity contribution >= 4 is 23.2 Å². The molecule has 8 heteroatoms. The van der Waals surface area contributed by atoms with Crippen LogP contribution in [0.3, 0.4) is 0 Å². The van der Waals surface area contributed by atoms with Gasteiger partial charge in [-0.15, -0.1) is 5.10 Å². The number of aliphatic hydroxyl groups is 1. The summed E-state index contributed by atoms with van der Waals surface area (Å²) in [6.07, 6.45) is 1.45. The number of carbonyl (C=O) groups excluding carboxylic acids is 1. The van der Waals surface area contributed by atoms with E-state index in [1.54, 1.807) is 0 Å². The van der Waals surface area contributed by atoms with E-state index in [0.717, 1.165) is 10.5 Å². The predicted molar refractivity (Wildman–Crippen MR) is 95.6 cm³/mol. The standard InChI is InChI=1S/C18H16ClFN4O2/c1-23(14-8-7-13(10-25)15(19)16(14)20)18(26)17-21-11-24(22-17)9-12-5-3-2-4-6-12/h2-8,11,25H,9-10H2,1H3. The van der Waals surface area contributed by atoms with Gasteiger partial charge < -0.3 is 10.0 Å². The van der Waals surface area contributed by atoms with E-state index in [-0.39, 0.29) is 28.7 Å². The summed E-state index contributed by atoms with van der Waals surface area (Å²) in [4.78, 5) is 17.7. The normalized spacial score (nSPS) is 10.8. The molecule has 1 amide bonds. The van der Waals surface area contributed by atoms with Crippen LogP contribution in [-0.4, -0.2) is 32.8 Å². The van der Waals surface area contributed by atoms with E-state index in [4.69, 9.17) is 16.7 Å². The van der Waals surface area contributed by atoms with Crippen molar-refractivity contribution in [3.63, 3.8) is 0 Å². The Morgan fingerprint density at radius 3 is 2.69 bits per heavy atom. The summed E-state index contributed by atoms with van der Waals surface area (Å²) in [5.74, 6) is -1.40. The van der Waals surface area contributed by atoms with Crippen LogP contribution in [0, 0.1) is 5.82 Å². The summed E-state index contributed by atoms with van der Waals surface area (Å²) in [6, 6.07) is 12.5. The molecule has 134 valence electrons. The van der Waals surface area contributed by atoms with Crippen molar-refractivity contribution in [1.82, 2.24) is 14.8 Å². The molecule has 1 N–H and O–H groups in total. The number of hydrogen-bond donors (Lipinski definition) is 1. The highest BCUT2D eigenvalue weighted by molar-refractivity contribution is 6.32. The minimum absolute atomic E-state index is 0.0170. The zero-order valence-corrected chi connectivity index (χ0v) is 14.7. The summed E-state index contributed by atoms with van der Waals surface area (Å²) < 4.78 is 15.9. The molecule has 26 heavy (non-hydrogen) atoms. The van der Waals surface area contributed by atoms with Gasteiger partial charge in [-0.25, -0.2) is 14.1 Å². The van der Waals surface area contributed by atoms with Crippen LogP contribution in [0.4, 0.5) is 10.1 Å². The van der Waals surface area contributed by atoms with Crippen LogP contribution < -0.4 is 4.90 Å². The molecular weight excluding hydrogens is 359 g/mol. The second-order valence-electron chi connectivity index (χ2n) is 5.65. The summed E-state index contributed by atoms with van der Waals surface area (Å²) in [7, 11) is 1.41. The third-order valence-corrected chi connectivity index (χ3v) is 4.30. The number of aromatic nitrogens is 3. The lowest BCUT2D eigenvalue weighted by molar-refractivity contribution is 0.0982. The van der Waals surface area contributed by atoms with Crippen molar-refractivity contribution in [3.8, 4) is 0 Å². The van der Waals surface area contributed by atoms with Gasteiger partial charge in [-0.3, -0.25) is 4.79 Å². The zero-order valence-electron chi connectivity index (χ0n) is 13.9. The van der Waals surface area contributed by atoms with Crippen molar-refractivity contribution in [1.29, 1.82) is 0 Å². The van der Waals surface area contributed by atoms with E-state index in [1.807, 2.05) is 30.3 Å². The summed E-state index contributed by atoms with van der Waals surface area (Å²) in [6.45, 7) is 0.0787. The Hall–Kier alpha value is -2.77. The fourth-order valence-corrected chi connectivity index (χ4v) is 2.68. The average Bonchev–Trinajstić information content (AvgIpc) is 3.12.